The van der Waals surface area contributed by atoms with E-state index in [0.717, 1.165) is 0 Å². The molecule has 0 aliphatic carbocycles. The first-order valence-electron chi connectivity index (χ1n) is 8.29. The lowest BCUT2D eigenvalue weighted by Crippen LogP contribution is -2.42. The van der Waals surface area contributed by atoms with Gasteiger partial charge in [-0.2, -0.15) is 0 Å². The monoisotopic (exact) mass is 367 g/mol. The van der Waals surface area contributed by atoms with Crippen molar-refractivity contribution in [1.29, 1.82) is 0 Å². The van der Waals surface area contributed by atoms with Crippen molar-refractivity contribution in [3.63, 3.8) is 0 Å². The minimum atomic E-state index is -1.62. The molecular weight excluding hydrogens is 348 g/mol. The maximum Gasteiger partial charge on any atom is 0.414 e. The van der Waals surface area contributed by atoms with Crippen molar-refractivity contribution in [1.82, 2.24) is 5.32 Å². The molecule has 1 aromatic rings. The van der Waals surface area contributed by atoms with E-state index >= 15 is 0 Å². The van der Waals surface area contributed by atoms with Gasteiger partial charge in [-0.25, -0.2) is 13.6 Å². The Kier molecular flexibility index (Phi) is 5.06. The number of alkyl halides is 1. The molecule has 2 fully saturated rings. The van der Waals surface area contributed by atoms with Crippen LogP contribution in [0, 0.1) is 5.82 Å². The van der Waals surface area contributed by atoms with Crippen LogP contribution in [0.15, 0.2) is 18.2 Å². The highest BCUT2D eigenvalue weighted by Crippen LogP contribution is 2.29. The molecule has 2 atom stereocenters. The molecule has 7 nitrogen and oxygen atoms in total. The number of cyclic esters (lactones) is 1. The van der Waals surface area contributed by atoms with Crippen LogP contribution in [-0.2, 0) is 14.3 Å². The van der Waals surface area contributed by atoms with Gasteiger partial charge in [0.1, 0.15) is 11.9 Å². The van der Waals surface area contributed by atoms with Gasteiger partial charge < -0.3 is 15.0 Å². The number of amides is 2. The number of carbonyl (C=O) groups is 3. The van der Waals surface area contributed by atoms with E-state index in [1.165, 1.54) is 28.9 Å². The van der Waals surface area contributed by atoms with E-state index < -0.39 is 30.0 Å². The summed E-state index contributed by atoms with van der Waals surface area (Å²) in [6.07, 6.45) is -2.73. The Hall–Kier alpha value is -2.71. The minimum Gasteiger partial charge on any atom is -0.442 e. The van der Waals surface area contributed by atoms with E-state index in [2.05, 4.69) is 5.32 Å². The van der Waals surface area contributed by atoms with Crippen molar-refractivity contribution in [2.45, 2.75) is 25.6 Å². The lowest BCUT2D eigenvalue weighted by Gasteiger charge is -2.30. The third-order valence-electron chi connectivity index (χ3n) is 4.39. The molecule has 1 unspecified atom stereocenters. The van der Waals surface area contributed by atoms with E-state index in [0.29, 0.717) is 5.69 Å². The molecule has 9 heteroatoms. The lowest BCUT2D eigenvalue weighted by molar-refractivity contribution is -0.124. The zero-order valence-electron chi connectivity index (χ0n) is 14.2. The molecule has 140 valence electrons. The van der Waals surface area contributed by atoms with Gasteiger partial charge in [0.15, 0.2) is 12.0 Å². The highest BCUT2D eigenvalue weighted by atomic mass is 19.1. The van der Waals surface area contributed by atoms with Crippen LogP contribution >= 0.6 is 0 Å². The van der Waals surface area contributed by atoms with Gasteiger partial charge >= 0.3 is 6.09 Å². The summed E-state index contributed by atoms with van der Waals surface area (Å²) in [5.74, 6) is -1.31. The van der Waals surface area contributed by atoms with Gasteiger partial charge in [-0.3, -0.25) is 14.5 Å². The first-order valence-corrected chi connectivity index (χ1v) is 8.29. The molecule has 0 spiro atoms. The van der Waals surface area contributed by atoms with Gasteiger partial charge in [0, 0.05) is 19.9 Å². The Morgan fingerprint density at radius 3 is 2.77 bits per heavy atom. The van der Waals surface area contributed by atoms with E-state index in [1.807, 2.05) is 0 Å². The van der Waals surface area contributed by atoms with E-state index in [1.54, 1.807) is 6.07 Å². The number of benzene rings is 1. The lowest BCUT2D eigenvalue weighted by atomic mass is 10.1. The number of ketones is 1. The standard InChI is InChI=1S/C17H19F2N3O4/c1-10(23)20-7-12-8-22(17(25)26-12)11-2-3-15(13(18)6-11)21-5-4-16(24)14(19)9-21/h2-3,6,12,14H,4-5,7-9H2,1H3,(H,20,23)/t12?,14-/m0/s1. The number of nitrogens with zero attached hydrogens (tertiary/aromatic N) is 2. The number of halogens is 2. The van der Waals surface area contributed by atoms with Gasteiger partial charge in [-0.1, -0.05) is 0 Å². The SMILES string of the molecule is CC(=O)NCC1CN(c2ccc(N3CCC(=O)[C@@H](F)C3)c(F)c2)C(=O)O1. The number of piperidine rings is 1. The second kappa shape index (κ2) is 7.27. The predicted molar refractivity (Wildman–Crippen MR) is 89.4 cm³/mol. The second-order valence-electron chi connectivity index (χ2n) is 6.32. The largest absolute Gasteiger partial charge is 0.442 e. The van der Waals surface area contributed by atoms with Crippen LogP contribution in [0.1, 0.15) is 13.3 Å². The number of hydrogen-bond donors (Lipinski definition) is 1. The molecule has 2 saturated heterocycles. The second-order valence-corrected chi connectivity index (χ2v) is 6.32. The van der Waals surface area contributed by atoms with Crippen LogP contribution in [0.3, 0.4) is 0 Å². The van der Waals surface area contributed by atoms with Crippen molar-refractivity contribution in [2.75, 3.05) is 36.0 Å². The highest BCUT2D eigenvalue weighted by Gasteiger charge is 2.33. The average Bonchev–Trinajstić information content (AvgIpc) is 2.96. The first-order chi connectivity index (χ1) is 12.3. The fourth-order valence-corrected chi connectivity index (χ4v) is 3.02. The van der Waals surface area contributed by atoms with Crippen LogP contribution in [0.5, 0.6) is 0 Å². The normalized spacial score (nSPS) is 23.2. The fourth-order valence-electron chi connectivity index (χ4n) is 3.02. The number of nitrogens with one attached hydrogen (secondary N) is 1. The van der Waals surface area contributed by atoms with E-state index in [9.17, 15) is 23.2 Å². The van der Waals surface area contributed by atoms with Crippen molar-refractivity contribution in [2.24, 2.45) is 0 Å². The third kappa shape index (κ3) is 3.76. The summed E-state index contributed by atoms with van der Waals surface area (Å²) in [5, 5.41) is 2.56. The Balaban J connectivity index is 1.70. The zero-order valence-corrected chi connectivity index (χ0v) is 14.2. The molecule has 1 N–H and O–H groups in total. The number of ether oxygens (including phenoxy) is 1. The minimum absolute atomic E-state index is 0.0334. The molecule has 0 aromatic heterocycles. The quantitative estimate of drug-likeness (QED) is 0.870. The third-order valence-corrected chi connectivity index (χ3v) is 4.39. The van der Waals surface area contributed by atoms with Crippen LogP contribution in [0.25, 0.3) is 0 Å². The molecule has 2 heterocycles. The number of rotatable bonds is 4. The fraction of sp³-hybridized carbons (Fsp3) is 0.471. The average molecular weight is 367 g/mol. The molecule has 1 aromatic carbocycles. The summed E-state index contributed by atoms with van der Waals surface area (Å²) < 4.78 is 33.2. The van der Waals surface area contributed by atoms with Gasteiger partial charge in [0.2, 0.25) is 5.91 Å². The predicted octanol–water partition coefficient (Wildman–Crippen LogP) is 1.40. The molecule has 0 radical (unpaired) electrons. The zero-order chi connectivity index (χ0) is 18.8. The van der Waals surface area contributed by atoms with Crippen LogP contribution in [-0.4, -0.2) is 56.2 Å². The van der Waals surface area contributed by atoms with Crippen LogP contribution < -0.4 is 15.1 Å². The van der Waals surface area contributed by atoms with Gasteiger partial charge in [0.25, 0.3) is 0 Å². The number of carbonyl (C=O) groups excluding carboxylic acids is 3. The van der Waals surface area contributed by atoms with Crippen LogP contribution in [0.4, 0.5) is 25.0 Å². The summed E-state index contributed by atoms with van der Waals surface area (Å²) in [6, 6.07) is 4.19. The van der Waals surface area contributed by atoms with Crippen LogP contribution in [0.2, 0.25) is 0 Å². The topological polar surface area (TPSA) is 79.0 Å². The Bertz CT molecular complexity index is 743. The summed E-state index contributed by atoms with van der Waals surface area (Å²) in [4.78, 5) is 36.9. The highest BCUT2D eigenvalue weighted by molar-refractivity contribution is 5.90. The Morgan fingerprint density at radius 1 is 1.35 bits per heavy atom. The van der Waals surface area contributed by atoms with Crippen molar-refractivity contribution in [3.8, 4) is 0 Å². The van der Waals surface area contributed by atoms with Gasteiger partial charge in [-0.15, -0.1) is 0 Å². The maximum atomic E-state index is 14.5. The summed E-state index contributed by atoms with van der Waals surface area (Å²) in [7, 11) is 0. The number of Topliss-reactive ketones (excluding diaryl/α,β-unsaturated/α-hetero) is 1. The Morgan fingerprint density at radius 2 is 2.12 bits per heavy atom. The van der Waals surface area contributed by atoms with E-state index in [-0.39, 0.29) is 44.2 Å². The summed E-state index contributed by atoms with van der Waals surface area (Å²) >= 11 is 0. The molecular formula is C17H19F2N3O4. The number of hydrogen-bond acceptors (Lipinski definition) is 5. The molecule has 2 amide bonds. The summed E-state index contributed by atoms with van der Waals surface area (Å²) in [5.41, 5.74) is 0.498. The van der Waals surface area contributed by atoms with Gasteiger partial charge in [0.05, 0.1) is 31.0 Å². The maximum absolute atomic E-state index is 14.5. The molecule has 2 aliphatic rings. The first kappa shape index (κ1) is 18.1. The molecule has 0 saturated carbocycles. The van der Waals surface area contributed by atoms with Crippen molar-refractivity contribution in [3.05, 3.63) is 24.0 Å². The van der Waals surface area contributed by atoms with Crippen molar-refractivity contribution < 1.29 is 27.9 Å². The molecule has 26 heavy (non-hydrogen) atoms. The molecule has 2 aliphatic heterocycles. The van der Waals surface area contributed by atoms with Gasteiger partial charge in [-0.05, 0) is 18.2 Å². The molecule has 0 bridgehead atoms. The Labute approximate surface area is 148 Å². The number of anilines is 2. The summed E-state index contributed by atoms with van der Waals surface area (Å²) in [6.45, 7) is 1.79. The van der Waals surface area contributed by atoms with E-state index in [4.69, 9.17) is 4.74 Å². The smallest absolute Gasteiger partial charge is 0.414 e. The molecule has 3 rings (SSSR count). The van der Waals surface area contributed by atoms with Crippen molar-refractivity contribution >= 4 is 29.2 Å².